The molecule has 7 heteroatoms. The quantitative estimate of drug-likeness (QED) is 0.499. The molecular formula is C9H12N4O3. The van der Waals surface area contributed by atoms with Crippen molar-refractivity contribution in [2.24, 2.45) is 0 Å². The highest BCUT2D eigenvalue weighted by Gasteiger charge is 2.31. The fourth-order valence-corrected chi connectivity index (χ4v) is 1.61. The Labute approximate surface area is 91.3 Å². The van der Waals surface area contributed by atoms with Crippen LogP contribution in [0.25, 0.3) is 0 Å². The van der Waals surface area contributed by atoms with Crippen LogP contribution in [-0.4, -0.2) is 45.6 Å². The van der Waals surface area contributed by atoms with E-state index < -0.39 is 18.1 Å². The second-order valence-electron chi connectivity index (χ2n) is 3.64. The van der Waals surface area contributed by atoms with Gasteiger partial charge in [0.2, 0.25) is 5.91 Å². The van der Waals surface area contributed by atoms with Crippen molar-refractivity contribution in [1.29, 1.82) is 0 Å². The van der Waals surface area contributed by atoms with E-state index in [0.29, 0.717) is 6.42 Å². The summed E-state index contributed by atoms with van der Waals surface area (Å²) in [6.45, 7) is 0.236. The van der Waals surface area contributed by atoms with E-state index in [-0.39, 0.29) is 12.5 Å². The van der Waals surface area contributed by atoms with E-state index in [2.05, 4.69) is 20.6 Å². The van der Waals surface area contributed by atoms with Crippen LogP contribution < -0.4 is 10.6 Å². The summed E-state index contributed by atoms with van der Waals surface area (Å²) >= 11 is 0. The average Bonchev–Trinajstić information content (AvgIpc) is 2.73. The highest BCUT2D eigenvalue weighted by molar-refractivity contribution is 5.88. The van der Waals surface area contributed by atoms with Crippen LogP contribution in [0.4, 0.5) is 0 Å². The SMILES string of the molecule is O=C(O)C1CNC(Cc2cnc[nH]2)C(=O)N1. The standard InChI is InChI=1S/C9H12N4O3/c14-8-6(1-5-2-10-4-12-5)11-3-7(13-8)9(15)16/h2,4,6-7,11H,1,3H2,(H,10,12)(H,13,14)(H,15,16). The number of carboxylic acids is 1. The van der Waals surface area contributed by atoms with Crippen LogP contribution in [0.2, 0.25) is 0 Å². The minimum Gasteiger partial charge on any atom is -0.480 e. The zero-order chi connectivity index (χ0) is 11.5. The Morgan fingerprint density at radius 1 is 1.62 bits per heavy atom. The number of nitrogens with one attached hydrogen (secondary N) is 3. The van der Waals surface area contributed by atoms with Crippen LogP contribution in [-0.2, 0) is 16.0 Å². The number of aliphatic carboxylic acids is 1. The lowest BCUT2D eigenvalue weighted by Crippen LogP contribution is -2.61. The molecule has 1 saturated heterocycles. The van der Waals surface area contributed by atoms with Gasteiger partial charge in [0.25, 0.3) is 0 Å². The first-order chi connectivity index (χ1) is 7.66. The topological polar surface area (TPSA) is 107 Å². The maximum absolute atomic E-state index is 11.6. The van der Waals surface area contributed by atoms with Crippen molar-refractivity contribution in [2.45, 2.75) is 18.5 Å². The summed E-state index contributed by atoms with van der Waals surface area (Å²) in [5.41, 5.74) is 0.835. The maximum atomic E-state index is 11.6. The van der Waals surface area contributed by atoms with Crippen LogP contribution in [0, 0.1) is 0 Å². The minimum absolute atomic E-state index is 0.236. The van der Waals surface area contributed by atoms with Crippen molar-refractivity contribution in [1.82, 2.24) is 20.6 Å². The van der Waals surface area contributed by atoms with Gasteiger partial charge in [-0.2, -0.15) is 0 Å². The molecule has 0 aromatic carbocycles. The van der Waals surface area contributed by atoms with Crippen molar-refractivity contribution in [2.75, 3.05) is 6.54 Å². The van der Waals surface area contributed by atoms with Crippen molar-refractivity contribution in [3.8, 4) is 0 Å². The summed E-state index contributed by atoms with van der Waals surface area (Å²) in [5.74, 6) is -1.32. The van der Waals surface area contributed by atoms with Crippen molar-refractivity contribution in [3.63, 3.8) is 0 Å². The number of nitrogens with zero attached hydrogens (tertiary/aromatic N) is 1. The molecule has 7 nitrogen and oxygen atoms in total. The Kier molecular flexibility index (Phi) is 2.86. The summed E-state index contributed by atoms with van der Waals surface area (Å²) in [5, 5.41) is 14.1. The number of imidazole rings is 1. The molecule has 1 aliphatic heterocycles. The van der Waals surface area contributed by atoms with Gasteiger partial charge in [-0.05, 0) is 0 Å². The van der Waals surface area contributed by atoms with Gasteiger partial charge in [-0.25, -0.2) is 9.78 Å². The second-order valence-corrected chi connectivity index (χ2v) is 3.64. The predicted octanol–water partition coefficient (Wildman–Crippen LogP) is -1.51. The van der Waals surface area contributed by atoms with Gasteiger partial charge >= 0.3 is 5.97 Å². The van der Waals surface area contributed by atoms with E-state index in [0.717, 1.165) is 5.69 Å². The third kappa shape index (κ3) is 2.19. The van der Waals surface area contributed by atoms with Crippen molar-refractivity contribution < 1.29 is 14.7 Å². The molecule has 2 atom stereocenters. The molecule has 1 amide bonds. The molecule has 0 aliphatic carbocycles. The predicted molar refractivity (Wildman–Crippen MR) is 53.6 cm³/mol. The van der Waals surface area contributed by atoms with Gasteiger partial charge < -0.3 is 20.7 Å². The first-order valence-corrected chi connectivity index (χ1v) is 4.90. The van der Waals surface area contributed by atoms with Gasteiger partial charge in [0.1, 0.15) is 6.04 Å². The van der Waals surface area contributed by atoms with Gasteiger partial charge in [0.15, 0.2) is 0 Å². The molecule has 1 aromatic heterocycles. The number of hydrogen-bond donors (Lipinski definition) is 4. The zero-order valence-corrected chi connectivity index (χ0v) is 8.43. The highest BCUT2D eigenvalue weighted by atomic mass is 16.4. The number of hydrogen-bond acceptors (Lipinski definition) is 4. The molecule has 1 aliphatic rings. The van der Waals surface area contributed by atoms with E-state index in [9.17, 15) is 9.59 Å². The van der Waals surface area contributed by atoms with E-state index in [1.165, 1.54) is 6.33 Å². The van der Waals surface area contributed by atoms with Crippen molar-refractivity contribution >= 4 is 11.9 Å². The fourth-order valence-electron chi connectivity index (χ4n) is 1.61. The summed E-state index contributed by atoms with van der Waals surface area (Å²) in [6.07, 6.45) is 3.65. The number of carbonyl (C=O) groups is 2. The van der Waals surface area contributed by atoms with Crippen LogP contribution >= 0.6 is 0 Å². The number of carbonyl (C=O) groups excluding carboxylic acids is 1. The fraction of sp³-hybridized carbons (Fsp3) is 0.444. The van der Waals surface area contributed by atoms with Gasteiger partial charge in [0, 0.05) is 24.9 Å². The number of piperazine rings is 1. The average molecular weight is 224 g/mol. The maximum Gasteiger partial charge on any atom is 0.327 e. The molecule has 86 valence electrons. The third-order valence-electron chi connectivity index (χ3n) is 2.48. The Morgan fingerprint density at radius 2 is 2.44 bits per heavy atom. The number of H-pyrrole nitrogens is 1. The summed E-state index contributed by atoms with van der Waals surface area (Å²) in [4.78, 5) is 29.0. The summed E-state index contributed by atoms with van der Waals surface area (Å²) < 4.78 is 0. The Morgan fingerprint density at radius 3 is 3.00 bits per heavy atom. The normalized spacial score (nSPS) is 25.1. The van der Waals surface area contributed by atoms with Gasteiger partial charge in [-0.1, -0.05) is 0 Å². The molecule has 2 heterocycles. The Balaban J connectivity index is 1.94. The highest BCUT2D eigenvalue weighted by Crippen LogP contribution is 2.03. The molecule has 0 saturated carbocycles. The Bertz CT molecular complexity index is 389. The summed E-state index contributed by atoms with van der Waals surface area (Å²) in [7, 11) is 0. The molecule has 16 heavy (non-hydrogen) atoms. The van der Waals surface area contributed by atoms with Gasteiger partial charge in [0.05, 0.1) is 12.4 Å². The lowest BCUT2D eigenvalue weighted by molar-refractivity contribution is -0.143. The molecule has 0 spiro atoms. The van der Waals surface area contributed by atoms with E-state index in [1.54, 1.807) is 6.20 Å². The smallest absolute Gasteiger partial charge is 0.327 e. The van der Waals surface area contributed by atoms with Crippen LogP contribution in [0.5, 0.6) is 0 Å². The lowest BCUT2D eigenvalue weighted by atomic mass is 10.1. The van der Waals surface area contributed by atoms with Gasteiger partial charge in [-0.15, -0.1) is 0 Å². The first kappa shape index (κ1) is 10.6. The molecule has 1 fully saturated rings. The minimum atomic E-state index is -1.03. The van der Waals surface area contributed by atoms with E-state index in [1.807, 2.05) is 0 Å². The Hall–Kier alpha value is -1.89. The number of aromatic nitrogens is 2. The molecule has 1 aromatic rings. The first-order valence-electron chi connectivity index (χ1n) is 4.90. The number of amides is 1. The zero-order valence-electron chi connectivity index (χ0n) is 8.43. The second kappa shape index (κ2) is 4.31. The number of rotatable bonds is 3. The van der Waals surface area contributed by atoms with Crippen LogP contribution in [0.1, 0.15) is 5.69 Å². The van der Waals surface area contributed by atoms with Gasteiger partial charge in [-0.3, -0.25) is 4.79 Å². The van der Waals surface area contributed by atoms with E-state index in [4.69, 9.17) is 5.11 Å². The summed E-state index contributed by atoms with van der Waals surface area (Å²) in [6, 6.07) is -1.25. The molecule has 0 bridgehead atoms. The molecule has 2 rings (SSSR count). The lowest BCUT2D eigenvalue weighted by Gasteiger charge is -2.27. The largest absolute Gasteiger partial charge is 0.480 e. The number of carboxylic acid groups (broad SMARTS) is 1. The van der Waals surface area contributed by atoms with Crippen LogP contribution in [0.3, 0.4) is 0 Å². The molecule has 4 N–H and O–H groups in total. The molecule has 2 unspecified atom stereocenters. The molecule has 0 radical (unpaired) electrons. The van der Waals surface area contributed by atoms with Crippen molar-refractivity contribution in [3.05, 3.63) is 18.2 Å². The van der Waals surface area contributed by atoms with E-state index >= 15 is 0 Å². The molecular weight excluding hydrogens is 212 g/mol. The number of aromatic amines is 1. The third-order valence-corrected chi connectivity index (χ3v) is 2.48. The van der Waals surface area contributed by atoms with Crippen LogP contribution in [0.15, 0.2) is 12.5 Å². The monoisotopic (exact) mass is 224 g/mol.